The number of nitrogens with zero attached hydrogens (tertiary/aromatic N) is 1. The number of hydrogen-bond acceptors (Lipinski definition) is 3. The van der Waals surface area contributed by atoms with Crippen molar-refractivity contribution in [2.45, 2.75) is 25.5 Å². The first-order chi connectivity index (χ1) is 8.66. The summed E-state index contributed by atoms with van der Waals surface area (Å²) in [7, 11) is 0. The third-order valence-corrected chi connectivity index (χ3v) is 2.96. The van der Waals surface area contributed by atoms with E-state index in [4.69, 9.17) is 5.73 Å². The number of aryl methyl sites for hydroxylation is 1. The first-order valence-electron chi connectivity index (χ1n) is 6.07. The Kier molecular flexibility index (Phi) is 4.07. The Labute approximate surface area is 107 Å². The summed E-state index contributed by atoms with van der Waals surface area (Å²) < 4.78 is 0. The van der Waals surface area contributed by atoms with Crippen LogP contribution in [0.5, 0.6) is 0 Å². The van der Waals surface area contributed by atoms with Gasteiger partial charge in [-0.15, -0.1) is 0 Å². The molecule has 2 atom stereocenters. The Balaban J connectivity index is 2.05. The molecule has 0 saturated carbocycles. The van der Waals surface area contributed by atoms with Crippen LogP contribution in [0.15, 0.2) is 48.7 Å². The SMILES string of the molecule is Cc1ccc(C(O)C(N)Cc2ccccc2)nc1. The molecule has 0 aliphatic carbocycles. The molecular weight excluding hydrogens is 224 g/mol. The largest absolute Gasteiger partial charge is 0.385 e. The smallest absolute Gasteiger partial charge is 0.111 e. The quantitative estimate of drug-likeness (QED) is 0.862. The molecule has 0 bridgehead atoms. The molecule has 0 fully saturated rings. The molecule has 94 valence electrons. The van der Waals surface area contributed by atoms with E-state index in [2.05, 4.69) is 4.98 Å². The summed E-state index contributed by atoms with van der Waals surface area (Å²) in [6.45, 7) is 1.97. The van der Waals surface area contributed by atoms with E-state index in [9.17, 15) is 5.11 Å². The number of rotatable bonds is 4. The number of hydrogen-bond donors (Lipinski definition) is 2. The van der Waals surface area contributed by atoms with Crippen molar-refractivity contribution in [3.05, 3.63) is 65.5 Å². The van der Waals surface area contributed by atoms with Gasteiger partial charge in [0.15, 0.2) is 0 Å². The van der Waals surface area contributed by atoms with Gasteiger partial charge in [-0.25, -0.2) is 0 Å². The molecule has 0 amide bonds. The fourth-order valence-corrected chi connectivity index (χ4v) is 1.87. The summed E-state index contributed by atoms with van der Waals surface area (Å²) in [5.74, 6) is 0. The number of aliphatic hydroxyl groups is 1. The van der Waals surface area contributed by atoms with Crippen LogP contribution in [0.1, 0.15) is 22.9 Å². The average Bonchev–Trinajstić information content (AvgIpc) is 2.40. The molecule has 0 aliphatic heterocycles. The molecule has 0 aliphatic rings. The Morgan fingerprint density at radius 3 is 2.50 bits per heavy atom. The van der Waals surface area contributed by atoms with E-state index in [1.807, 2.05) is 49.4 Å². The van der Waals surface area contributed by atoms with Gasteiger partial charge in [-0.2, -0.15) is 0 Å². The van der Waals surface area contributed by atoms with Crippen LogP contribution in [0.25, 0.3) is 0 Å². The molecule has 1 heterocycles. The van der Waals surface area contributed by atoms with Crippen LogP contribution in [0.4, 0.5) is 0 Å². The zero-order valence-corrected chi connectivity index (χ0v) is 10.5. The second kappa shape index (κ2) is 5.76. The van der Waals surface area contributed by atoms with Gasteiger partial charge in [-0.1, -0.05) is 36.4 Å². The second-order valence-corrected chi connectivity index (χ2v) is 4.56. The number of aromatic nitrogens is 1. The minimum atomic E-state index is -0.731. The predicted molar refractivity (Wildman–Crippen MR) is 72.1 cm³/mol. The van der Waals surface area contributed by atoms with Crippen LogP contribution < -0.4 is 5.73 Å². The highest BCUT2D eigenvalue weighted by Crippen LogP contribution is 2.16. The lowest BCUT2D eigenvalue weighted by molar-refractivity contribution is 0.141. The van der Waals surface area contributed by atoms with Gasteiger partial charge in [0.05, 0.1) is 5.69 Å². The highest BCUT2D eigenvalue weighted by Gasteiger charge is 2.18. The zero-order valence-electron chi connectivity index (χ0n) is 10.5. The molecule has 1 aromatic carbocycles. The van der Waals surface area contributed by atoms with Crippen molar-refractivity contribution in [1.29, 1.82) is 0 Å². The van der Waals surface area contributed by atoms with E-state index >= 15 is 0 Å². The van der Waals surface area contributed by atoms with E-state index in [-0.39, 0.29) is 6.04 Å². The van der Waals surface area contributed by atoms with Crippen LogP contribution in [0.3, 0.4) is 0 Å². The number of nitrogens with two attached hydrogens (primary N) is 1. The molecule has 2 aromatic rings. The van der Waals surface area contributed by atoms with E-state index < -0.39 is 6.10 Å². The topological polar surface area (TPSA) is 59.1 Å². The molecule has 2 unspecified atom stereocenters. The van der Waals surface area contributed by atoms with Gasteiger partial charge in [-0.05, 0) is 30.5 Å². The monoisotopic (exact) mass is 242 g/mol. The maximum absolute atomic E-state index is 10.2. The summed E-state index contributed by atoms with van der Waals surface area (Å²) in [4.78, 5) is 4.21. The van der Waals surface area contributed by atoms with Crippen LogP contribution in [0, 0.1) is 6.92 Å². The summed E-state index contributed by atoms with van der Waals surface area (Å²) in [6, 6.07) is 13.3. The number of pyridine rings is 1. The molecular formula is C15H18N2O. The van der Waals surface area contributed by atoms with Crippen LogP contribution in [-0.4, -0.2) is 16.1 Å². The van der Waals surface area contributed by atoms with Gasteiger partial charge in [0.1, 0.15) is 6.10 Å². The van der Waals surface area contributed by atoms with Crippen LogP contribution in [-0.2, 0) is 6.42 Å². The second-order valence-electron chi connectivity index (χ2n) is 4.56. The van der Waals surface area contributed by atoms with Gasteiger partial charge in [-0.3, -0.25) is 4.98 Å². The first kappa shape index (κ1) is 12.7. The predicted octanol–water partition coefficient (Wildman–Crippen LogP) is 1.99. The molecule has 0 radical (unpaired) electrons. The molecule has 0 spiro atoms. The maximum Gasteiger partial charge on any atom is 0.111 e. The van der Waals surface area contributed by atoms with Gasteiger partial charge in [0.25, 0.3) is 0 Å². The van der Waals surface area contributed by atoms with E-state index in [1.54, 1.807) is 6.20 Å². The lowest BCUT2D eigenvalue weighted by atomic mass is 10.00. The fraction of sp³-hybridized carbons (Fsp3) is 0.267. The number of aliphatic hydroxyl groups excluding tert-OH is 1. The van der Waals surface area contributed by atoms with Crippen molar-refractivity contribution in [2.24, 2.45) is 5.73 Å². The molecule has 3 heteroatoms. The average molecular weight is 242 g/mol. The van der Waals surface area contributed by atoms with Gasteiger partial charge < -0.3 is 10.8 Å². The van der Waals surface area contributed by atoms with Gasteiger partial charge >= 0.3 is 0 Å². The van der Waals surface area contributed by atoms with Gasteiger partial charge in [0, 0.05) is 12.2 Å². The Bertz CT molecular complexity index is 482. The van der Waals surface area contributed by atoms with Crippen molar-refractivity contribution < 1.29 is 5.11 Å². The van der Waals surface area contributed by atoms with Crippen molar-refractivity contribution in [1.82, 2.24) is 4.98 Å². The lowest BCUT2D eigenvalue weighted by Crippen LogP contribution is -2.31. The maximum atomic E-state index is 10.2. The Morgan fingerprint density at radius 2 is 1.89 bits per heavy atom. The lowest BCUT2D eigenvalue weighted by Gasteiger charge is -2.18. The summed E-state index contributed by atoms with van der Waals surface area (Å²) in [5, 5.41) is 10.2. The minimum Gasteiger partial charge on any atom is -0.385 e. The van der Waals surface area contributed by atoms with Crippen molar-refractivity contribution in [3.8, 4) is 0 Å². The highest BCUT2D eigenvalue weighted by atomic mass is 16.3. The molecule has 1 aromatic heterocycles. The third kappa shape index (κ3) is 3.15. The van der Waals surface area contributed by atoms with E-state index in [1.165, 1.54) is 0 Å². The number of benzene rings is 1. The van der Waals surface area contributed by atoms with Gasteiger partial charge in [0.2, 0.25) is 0 Å². The molecule has 2 rings (SSSR count). The molecule has 3 nitrogen and oxygen atoms in total. The summed E-state index contributed by atoms with van der Waals surface area (Å²) >= 11 is 0. The van der Waals surface area contributed by atoms with Crippen LogP contribution in [0.2, 0.25) is 0 Å². The molecule has 3 N–H and O–H groups in total. The normalized spacial score (nSPS) is 14.2. The minimum absolute atomic E-state index is 0.345. The van der Waals surface area contributed by atoms with E-state index in [0.717, 1.165) is 11.1 Å². The fourth-order valence-electron chi connectivity index (χ4n) is 1.87. The molecule has 0 saturated heterocycles. The summed E-state index contributed by atoms with van der Waals surface area (Å²) in [5.41, 5.74) is 8.85. The van der Waals surface area contributed by atoms with Crippen molar-refractivity contribution in [2.75, 3.05) is 0 Å². The van der Waals surface area contributed by atoms with Crippen LogP contribution >= 0.6 is 0 Å². The molecule has 18 heavy (non-hydrogen) atoms. The first-order valence-corrected chi connectivity index (χ1v) is 6.07. The summed E-state index contributed by atoms with van der Waals surface area (Å²) in [6.07, 6.45) is 1.65. The Morgan fingerprint density at radius 1 is 1.17 bits per heavy atom. The Hall–Kier alpha value is -1.71. The van der Waals surface area contributed by atoms with Crippen molar-refractivity contribution in [3.63, 3.8) is 0 Å². The standard InChI is InChI=1S/C15H18N2O/c1-11-7-8-14(17-10-11)15(18)13(16)9-12-5-3-2-4-6-12/h2-8,10,13,15,18H,9,16H2,1H3. The third-order valence-electron chi connectivity index (χ3n) is 2.96. The zero-order chi connectivity index (χ0) is 13.0. The van der Waals surface area contributed by atoms with Crippen molar-refractivity contribution >= 4 is 0 Å². The highest BCUT2D eigenvalue weighted by molar-refractivity contribution is 5.19. The van der Waals surface area contributed by atoms with E-state index in [0.29, 0.717) is 12.1 Å².